The number of likely N-dealkylation sites (tertiary alicyclic amines) is 1. The van der Waals surface area contributed by atoms with E-state index in [1.165, 1.54) is 19.8 Å². The maximum atomic E-state index is 13.6. The quantitative estimate of drug-likeness (QED) is 0.135. The van der Waals surface area contributed by atoms with E-state index in [1.807, 2.05) is 18.3 Å². The number of fused-ring (bicyclic) bond motifs is 2. The summed E-state index contributed by atoms with van der Waals surface area (Å²) in [6.45, 7) is 2.75. The number of amides is 3. The van der Waals surface area contributed by atoms with Crippen LogP contribution in [-0.4, -0.2) is 83.5 Å². The van der Waals surface area contributed by atoms with E-state index in [9.17, 15) is 14.4 Å². The van der Waals surface area contributed by atoms with Crippen LogP contribution in [0.5, 0.6) is 5.88 Å². The van der Waals surface area contributed by atoms with Crippen molar-refractivity contribution in [2.75, 3.05) is 27.9 Å². The van der Waals surface area contributed by atoms with Crippen LogP contribution in [0, 0.1) is 23.7 Å². The zero-order valence-corrected chi connectivity index (χ0v) is 33.4. The highest BCUT2D eigenvalue weighted by Gasteiger charge is 2.52. The van der Waals surface area contributed by atoms with Crippen LogP contribution in [0.25, 0.3) is 28.0 Å². The maximum absolute atomic E-state index is 13.6. The van der Waals surface area contributed by atoms with Crippen LogP contribution >= 0.6 is 0 Å². The fraction of sp³-hybridized carbons (Fsp3) is 0.422. The first-order valence-electron chi connectivity index (χ1n) is 20.2. The molecule has 2 saturated carbocycles. The number of methoxy groups -OCH3 is 3. The van der Waals surface area contributed by atoms with E-state index < -0.39 is 18.2 Å². The summed E-state index contributed by atoms with van der Waals surface area (Å²) >= 11 is 0. The number of H-pyrrole nitrogens is 1. The molecule has 2 aliphatic carbocycles. The smallest absolute Gasteiger partial charge is 0.407 e. The number of aromatic nitrogens is 3. The minimum Gasteiger partial charge on any atom is -0.481 e. The van der Waals surface area contributed by atoms with Crippen molar-refractivity contribution in [1.29, 1.82) is 0 Å². The Morgan fingerprint density at radius 2 is 1.60 bits per heavy atom. The molecule has 4 aliphatic rings. The Morgan fingerprint density at radius 1 is 0.879 bits per heavy atom. The topological polar surface area (TPSA) is 160 Å². The van der Waals surface area contributed by atoms with E-state index in [2.05, 4.69) is 74.1 Å². The van der Waals surface area contributed by atoms with Crippen molar-refractivity contribution in [3.05, 3.63) is 96.2 Å². The molecule has 302 valence electrons. The maximum Gasteiger partial charge on any atom is 0.407 e. The normalized spacial score (nSPS) is 23.2. The van der Waals surface area contributed by atoms with E-state index in [-0.39, 0.29) is 29.7 Å². The van der Waals surface area contributed by atoms with Crippen molar-refractivity contribution in [2.45, 2.75) is 70.2 Å². The Bertz CT molecular complexity index is 2180. The molecule has 4 aromatic rings. The van der Waals surface area contributed by atoms with Crippen molar-refractivity contribution in [2.24, 2.45) is 28.7 Å². The second kappa shape index (κ2) is 17.0. The molecule has 2 aromatic heterocycles. The summed E-state index contributed by atoms with van der Waals surface area (Å²) in [5, 5.41) is 5.83. The Hall–Kier alpha value is -5.82. The summed E-state index contributed by atoms with van der Waals surface area (Å²) in [5.74, 6) is 2.20. The average molecular weight is 786 g/mol. The van der Waals surface area contributed by atoms with Gasteiger partial charge in [0.2, 0.25) is 17.7 Å². The van der Waals surface area contributed by atoms with Gasteiger partial charge in [-0.3, -0.25) is 14.6 Å². The second-order valence-electron chi connectivity index (χ2n) is 15.8. The van der Waals surface area contributed by atoms with Gasteiger partial charge in [0.15, 0.2) is 0 Å². The molecule has 7 atom stereocenters. The number of nitrogens with one attached hydrogen (secondary N) is 3. The molecule has 13 nitrogen and oxygen atoms in total. The van der Waals surface area contributed by atoms with Crippen LogP contribution in [0.3, 0.4) is 0 Å². The van der Waals surface area contributed by atoms with Gasteiger partial charge in [-0.05, 0) is 84.3 Å². The number of pyridine rings is 1. The number of hydrogen-bond donors (Lipinski definition) is 3. The first-order chi connectivity index (χ1) is 28.2. The summed E-state index contributed by atoms with van der Waals surface area (Å²) in [6.07, 6.45) is 10.0. The van der Waals surface area contributed by atoms with Crippen LogP contribution in [0.1, 0.15) is 68.4 Å². The molecule has 4 heterocycles. The minimum atomic E-state index is -0.884. The van der Waals surface area contributed by atoms with E-state index in [0.717, 1.165) is 77.7 Å². The molecule has 13 heteroatoms. The molecular weight excluding hydrogens is 735 g/mol. The van der Waals surface area contributed by atoms with Gasteiger partial charge in [-0.2, -0.15) is 0 Å². The molecule has 2 aliphatic heterocycles. The monoisotopic (exact) mass is 785 g/mol. The number of ether oxygens (including phenoxy) is 3. The number of benzene rings is 2. The van der Waals surface area contributed by atoms with E-state index in [1.54, 1.807) is 31.3 Å². The number of aliphatic imine (C=N–C) groups is 1. The number of carbonyl (C=O) groups is 3. The van der Waals surface area contributed by atoms with Gasteiger partial charge in [0.1, 0.15) is 11.9 Å². The number of allylic oxidation sites excluding steroid dienone is 1. The van der Waals surface area contributed by atoms with Crippen molar-refractivity contribution in [3.63, 3.8) is 0 Å². The molecule has 3 unspecified atom stereocenters. The fourth-order valence-corrected chi connectivity index (χ4v) is 9.49. The number of carbonyl (C=O) groups excluding carboxylic acids is 3. The largest absolute Gasteiger partial charge is 0.481 e. The Morgan fingerprint density at radius 3 is 2.29 bits per heavy atom. The molecule has 58 heavy (non-hydrogen) atoms. The van der Waals surface area contributed by atoms with Gasteiger partial charge in [-0.1, -0.05) is 54.6 Å². The number of aromatic amines is 1. The van der Waals surface area contributed by atoms with E-state index in [4.69, 9.17) is 19.2 Å². The number of hydrogen-bond acceptors (Lipinski definition) is 9. The summed E-state index contributed by atoms with van der Waals surface area (Å²) in [5.41, 5.74) is 8.47. The third-order valence-corrected chi connectivity index (χ3v) is 12.6. The second-order valence-corrected chi connectivity index (χ2v) is 15.8. The van der Waals surface area contributed by atoms with Crippen molar-refractivity contribution in [1.82, 2.24) is 30.5 Å². The van der Waals surface area contributed by atoms with Gasteiger partial charge < -0.3 is 34.7 Å². The first kappa shape index (κ1) is 39.0. The number of rotatable bonds is 13. The van der Waals surface area contributed by atoms with Gasteiger partial charge in [0.25, 0.3) is 0 Å². The third kappa shape index (κ3) is 7.87. The molecular formula is C45H51N7O6. The summed E-state index contributed by atoms with van der Waals surface area (Å²) in [7, 11) is 4.37. The van der Waals surface area contributed by atoms with Gasteiger partial charge in [-0.25, -0.2) is 14.8 Å². The van der Waals surface area contributed by atoms with Crippen LogP contribution in [0.4, 0.5) is 4.79 Å². The number of alkyl carbamates (subject to hydrolysis) is 1. The molecule has 3 amide bonds. The van der Waals surface area contributed by atoms with Gasteiger partial charge in [0.05, 0.1) is 38.3 Å². The Labute approximate surface area is 338 Å². The standard InChI is InChI=1S/C45H51N7O6/c1-26(56-2)41(51-45(55)58-4)44(54)52-19-5-6-37(52)42-48-25-36(50-42)31-14-12-29(13-15-31)28-8-10-30(11-9-28)34-21-35(46-24-34)39-32-16-17-33(20-32)40(39)43(53)49-23-27-7-18-38(57-3)47-22-27/h7-15,18,22,24-26,32-33,37,39-41H,5-6,16-17,19-21,23H2,1-4H3,(H,48,50)(H,49,53)(H,51,55)/t26-,32?,33?,37+,39?,40-,41+/m1/s1. The van der Waals surface area contributed by atoms with Crippen molar-refractivity contribution < 1.29 is 28.6 Å². The molecule has 3 N–H and O–H groups in total. The van der Waals surface area contributed by atoms with Gasteiger partial charge in [0, 0.05) is 62.6 Å². The zero-order chi connectivity index (χ0) is 40.3. The predicted molar refractivity (Wildman–Crippen MR) is 219 cm³/mol. The van der Waals surface area contributed by atoms with Gasteiger partial charge in [-0.15, -0.1) is 0 Å². The Kier molecular flexibility index (Phi) is 11.4. The fourth-order valence-electron chi connectivity index (χ4n) is 9.49. The molecule has 0 radical (unpaired) electrons. The Balaban J connectivity index is 0.882. The minimum absolute atomic E-state index is 0.0450. The lowest BCUT2D eigenvalue weighted by Gasteiger charge is -2.30. The SMILES string of the molecule is COC(=O)N[C@H](C(=O)N1CCC[C@H]1c1ncc(-c2ccc(-c3ccc(C4=CN=C(C5C6CCC(C6)[C@H]5C(=O)NCc5ccc(OC)nc5)C4)cc3)cc2)[nH]1)[C@@H](C)OC. The lowest BCUT2D eigenvalue weighted by Crippen LogP contribution is -2.54. The number of imidazole rings is 1. The van der Waals surface area contributed by atoms with Crippen LogP contribution < -0.4 is 15.4 Å². The van der Waals surface area contributed by atoms with E-state index in [0.29, 0.717) is 36.6 Å². The van der Waals surface area contributed by atoms with Gasteiger partial charge >= 0.3 is 6.09 Å². The lowest BCUT2D eigenvalue weighted by atomic mass is 9.75. The van der Waals surface area contributed by atoms with Crippen molar-refractivity contribution in [3.8, 4) is 28.3 Å². The zero-order valence-electron chi connectivity index (χ0n) is 33.4. The molecule has 0 spiro atoms. The molecule has 1 saturated heterocycles. The molecule has 3 fully saturated rings. The summed E-state index contributed by atoms with van der Waals surface area (Å²) in [4.78, 5) is 58.4. The molecule has 2 bridgehead atoms. The third-order valence-electron chi connectivity index (χ3n) is 12.6. The average Bonchev–Trinajstić information content (AvgIpc) is 4.13. The summed E-state index contributed by atoms with van der Waals surface area (Å²) < 4.78 is 15.3. The highest BCUT2D eigenvalue weighted by atomic mass is 16.5. The number of nitrogens with zero attached hydrogens (tertiary/aromatic N) is 4. The van der Waals surface area contributed by atoms with E-state index >= 15 is 0 Å². The van der Waals surface area contributed by atoms with Crippen molar-refractivity contribution >= 4 is 29.2 Å². The predicted octanol–water partition coefficient (Wildman–Crippen LogP) is 6.73. The van der Waals surface area contributed by atoms with Crippen LogP contribution in [0.2, 0.25) is 0 Å². The molecule has 2 aromatic carbocycles. The molecule has 8 rings (SSSR count). The lowest BCUT2D eigenvalue weighted by molar-refractivity contribution is -0.137. The highest BCUT2D eigenvalue weighted by Crippen LogP contribution is 2.54. The summed E-state index contributed by atoms with van der Waals surface area (Å²) in [6, 6.07) is 19.6. The first-order valence-corrected chi connectivity index (χ1v) is 20.2. The van der Waals surface area contributed by atoms with Crippen LogP contribution in [0.15, 0.2) is 84.2 Å². The van der Waals surface area contributed by atoms with Crippen LogP contribution in [-0.2, 0) is 25.6 Å². The highest BCUT2D eigenvalue weighted by molar-refractivity contribution is 6.02.